The molecule has 1 amide bonds. The van der Waals surface area contributed by atoms with Gasteiger partial charge in [0, 0.05) is 12.7 Å². The van der Waals surface area contributed by atoms with E-state index in [4.69, 9.17) is 5.73 Å². The molecular formula is C18H19FN6O. The molecule has 1 atom stereocenters. The average Bonchev–Trinajstić information content (AvgIpc) is 3.07. The normalized spacial score (nSPS) is 11.9. The summed E-state index contributed by atoms with van der Waals surface area (Å²) in [6.45, 7) is 2.20. The van der Waals surface area contributed by atoms with Crippen molar-refractivity contribution in [1.29, 1.82) is 0 Å². The zero-order valence-electron chi connectivity index (χ0n) is 14.3. The lowest BCUT2D eigenvalue weighted by Gasteiger charge is -2.14. The van der Waals surface area contributed by atoms with E-state index in [0.29, 0.717) is 24.6 Å². The molecule has 0 saturated heterocycles. The molecule has 3 N–H and O–H groups in total. The molecule has 1 unspecified atom stereocenters. The number of aromatic nitrogens is 4. The van der Waals surface area contributed by atoms with Gasteiger partial charge in [0.15, 0.2) is 5.82 Å². The van der Waals surface area contributed by atoms with Gasteiger partial charge >= 0.3 is 0 Å². The van der Waals surface area contributed by atoms with Gasteiger partial charge in [-0.15, -0.1) is 10.2 Å². The van der Waals surface area contributed by atoms with Crippen molar-refractivity contribution in [1.82, 2.24) is 20.0 Å². The Morgan fingerprint density at radius 3 is 2.54 bits per heavy atom. The van der Waals surface area contributed by atoms with Gasteiger partial charge in [-0.25, -0.2) is 9.07 Å². The molecule has 0 saturated carbocycles. The molecule has 0 aliphatic rings. The van der Waals surface area contributed by atoms with E-state index in [1.165, 1.54) is 12.1 Å². The Labute approximate surface area is 150 Å². The van der Waals surface area contributed by atoms with Crippen LogP contribution in [0.4, 0.5) is 10.2 Å². The SMILES string of the molecule is Cc1ccn(-c2ccc(NCC(Cc3ccc(F)cc3)C(N)=O)nn2)n1. The summed E-state index contributed by atoms with van der Waals surface area (Å²) in [5.41, 5.74) is 7.21. The van der Waals surface area contributed by atoms with Gasteiger partial charge in [-0.3, -0.25) is 4.79 Å². The number of nitrogens with one attached hydrogen (secondary N) is 1. The van der Waals surface area contributed by atoms with Crippen molar-refractivity contribution >= 4 is 11.7 Å². The first-order chi connectivity index (χ1) is 12.5. The van der Waals surface area contributed by atoms with Crippen molar-refractivity contribution in [3.63, 3.8) is 0 Å². The summed E-state index contributed by atoms with van der Waals surface area (Å²) in [4.78, 5) is 11.7. The smallest absolute Gasteiger partial charge is 0.222 e. The van der Waals surface area contributed by atoms with Crippen molar-refractivity contribution in [3.05, 3.63) is 65.7 Å². The number of halogens is 1. The van der Waals surface area contributed by atoms with Crippen LogP contribution in [0, 0.1) is 18.7 Å². The van der Waals surface area contributed by atoms with Crippen LogP contribution in [0.25, 0.3) is 5.82 Å². The molecule has 3 aromatic rings. The monoisotopic (exact) mass is 354 g/mol. The quantitative estimate of drug-likeness (QED) is 0.675. The molecular weight excluding hydrogens is 335 g/mol. The third kappa shape index (κ3) is 4.41. The maximum absolute atomic E-state index is 13.0. The third-order valence-electron chi connectivity index (χ3n) is 3.93. The van der Waals surface area contributed by atoms with E-state index in [2.05, 4.69) is 20.6 Å². The number of benzene rings is 1. The van der Waals surface area contributed by atoms with Gasteiger partial charge in [0.25, 0.3) is 0 Å². The predicted molar refractivity (Wildman–Crippen MR) is 95.2 cm³/mol. The number of primary amides is 1. The minimum absolute atomic E-state index is 0.307. The number of carbonyl (C=O) groups is 1. The highest BCUT2D eigenvalue weighted by Crippen LogP contribution is 2.12. The highest BCUT2D eigenvalue weighted by Gasteiger charge is 2.16. The van der Waals surface area contributed by atoms with Crippen LogP contribution in [-0.2, 0) is 11.2 Å². The Morgan fingerprint density at radius 2 is 1.96 bits per heavy atom. The van der Waals surface area contributed by atoms with Gasteiger partial charge in [0.05, 0.1) is 11.6 Å². The fourth-order valence-corrected chi connectivity index (χ4v) is 2.49. The number of amides is 1. The third-order valence-corrected chi connectivity index (χ3v) is 3.93. The summed E-state index contributed by atoms with van der Waals surface area (Å²) in [5, 5.41) is 15.5. The second-order valence-corrected chi connectivity index (χ2v) is 5.99. The van der Waals surface area contributed by atoms with Gasteiger partial charge in [-0.05, 0) is 49.2 Å². The number of rotatable bonds is 7. The van der Waals surface area contributed by atoms with Gasteiger partial charge in [0.2, 0.25) is 5.91 Å². The minimum atomic E-state index is -0.448. The molecule has 134 valence electrons. The number of hydrogen-bond donors (Lipinski definition) is 2. The number of hydrogen-bond acceptors (Lipinski definition) is 5. The Bertz CT molecular complexity index is 875. The molecule has 0 radical (unpaired) electrons. The summed E-state index contributed by atoms with van der Waals surface area (Å²) in [6.07, 6.45) is 2.22. The first-order valence-corrected chi connectivity index (χ1v) is 8.15. The van der Waals surface area contributed by atoms with Crippen molar-refractivity contribution in [2.75, 3.05) is 11.9 Å². The molecule has 0 aliphatic heterocycles. The van der Waals surface area contributed by atoms with Gasteiger partial charge in [-0.1, -0.05) is 12.1 Å². The molecule has 0 fully saturated rings. The number of aryl methyl sites for hydroxylation is 1. The standard InChI is InChI=1S/C18H19FN6O/c1-12-8-9-25(24-12)17-7-6-16(22-23-17)21-11-14(18(20)26)10-13-2-4-15(19)5-3-13/h2-9,14H,10-11H2,1H3,(H2,20,26)(H,21,22). The van der Waals surface area contributed by atoms with E-state index in [1.807, 2.05) is 13.0 Å². The lowest BCUT2D eigenvalue weighted by Crippen LogP contribution is -2.31. The largest absolute Gasteiger partial charge is 0.369 e. The Hall–Kier alpha value is -3.29. The zero-order valence-corrected chi connectivity index (χ0v) is 14.3. The number of anilines is 1. The van der Waals surface area contributed by atoms with Crippen LogP contribution in [0.2, 0.25) is 0 Å². The van der Waals surface area contributed by atoms with E-state index in [0.717, 1.165) is 11.3 Å². The maximum Gasteiger partial charge on any atom is 0.222 e. The summed E-state index contributed by atoms with van der Waals surface area (Å²) < 4.78 is 14.6. The van der Waals surface area contributed by atoms with Crippen LogP contribution in [0.3, 0.4) is 0 Å². The Kier molecular flexibility index (Phi) is 5.21. The van der Waals surface area contributed by atoms with E-state index in [-0.39, 0.29) is 5.82 Å². The van der Waals surface area contributed by atoms with Crippen LogP contribution < -0.4 is 11.1 Å². The molecule has 2 heterocycles. The number of nitrogens with zero attached hydrogens (tertiary/aromatic N) is 4. The van der Waals surface area contributed by atoms with E-state index in [9.17, 15) is 9.18 Å². The second kappa shape index (κ2) is 7.73. The van der Waals surface area contributed by atoms with Gasteiger partial charge in [0.1, 0.15) is 11.6 Å². The molecule has 0 spiro atoms. The van der Waals surface area contributed by atoms with Gasteiger partial charge in [-0.2, -0.15) is 5.10 Å². The molecule has 0 aliphatic carbocycles. The van der Waals surface area contributed by atoms with E-state index < -0.39 is 11.8 Å². The maximum atomic E-state index is 13.0. The summed E-state index contributed by atoms with van der Waals surface area (Å²) in [7, 11) is 0. The molecule has 2 aromatic heterocycles. The number of carbonyl (C=O) groups excluding carboxylic acids is 1. The summed E-state index contributed by atoms with van der Waals surface area (Å²) in [6, 6.07) is 11.4. The Morgan fingerprint density at radius 1 is 1.19 bits per heavy atom. The van der Waals surface area contributed by atoms with Crippen molar-refractivity contribution in [3.8, 4) is 5.82 Å². The highest BCUT2D eigenvalue weighted by atomic mass is 19.1. The van der Waals surface area contributed by atoms with Gasteiger partial charge < -0.3 is 11.1 Å². The topological polar surface area (TPSA) is 98.7 Å². The average molecular weight is 354 g/mol. The summed E-state index contributed by atoms with van der Waals surface area (Å²) >= 11 is 0. The predicted octanol–water partition coefficient (Wildman–Crippen LogP) is 1.87. The molecule has 7 nitrogen and oxygen atoms in total. The zero-order chi connectivity index (χ0) is 18.5. The molecule has 0 bridgehead atoms. The van der Waals surface area contributed by atoms with E-state index >= 15 is 0 Å². The fraction of sp³-hybridized carbons (Fsp3) is 0.222. The molecule has 26 heavy (non-hydrogen) atoms. The first-order valence-electron chi connectivity index (χ1n) is 8.15. The minimum Gasteiger partial charge on any atom is -0.369 e. The van der Waals surface area contributed by atoms with E-state index in [1.54, 1.807) is 35.1 Å². The Balaban J connectivity index is 1.62. The molecule has 3 rings (SSSR count). The number of nitrogens with two attached hydrogens (primary N) is 1. The second-order valence-electron chi connectivity index (χ2n) is 5.99. The molecule has 1 aromatic carbocycles. The van der Waals surface area contributed by atoms with Crippen LogP contribution in [-0.4, -0.2) is 32.4 Å². The molecule has 8 heteroatoms. The lowest BCUT2D eigenvalue weighted by atomic mass is 9.98. The van der Waals surface area contributed by atoms with Crippen LogP contribution >= 0.6 is 0 Å². The van der Waals surface area contributed by atoms with Crippen LogP contribution in [0.1, 0.15) is 11.3 Å². The first kappa shape index (κ1) is 17.5. The fourth-order valence-electron chi connectivity index (χ4n) is 2.49. The van der Waals surface area contributed by atoms with Crippen LogP contribution in [0.15, 0.2) is 48.7 Å². The van der Waals surface area contributed by atoms with Crippen LogP contribution in [0.5, 0.6) is 0 Å². The lowest BCUT2D eigenvalue weighted by molar-refractivity contribution is -0.121. The van der Waals surface area contributed by atoms with Crippen molar-refractivity contribution < 1.29 is 9.18 Å². The van der Waals surface area contributed by atoms with Crippen molar-refractivity contribution in [2.24, 2.45) is 11.7 Å². The van der Waals surface area contributed by atoms with Crippen molar-refractivity contribution in [2.45, 2.75) is 13.3 Å². The summed E-state index contributed by atoms with van der Waals surface area (Å²) in [5.74, 6) is -0.0660. The highest BCUT2D eigenvalue weighted by molar-refractivity contribution is 5.77.